The van der Waals surface area contributed by atoms with Gasteiger partial charge in [-0.15, -0.1) is 0 Å². The number of rotatable bonds is 4. The molecule has 0 aromatic carbocycles. The van der Waals surface area contributed by atoms with Crippen LogP contribution in [0.2, 0.25) is 0 Å². The number of nitrogens with two attached hydrogens (primary N) is 1. The molecule has 0 saturated heterocycles. The summed E-state index contributed by atoms with van der Waals surface area (Å²) in [6.45, 7) is 6.12. The zero-order valence-corrected chi connectivity index (χ0v) is 11.1. The number of nitrogens with zero attached hydrogens (tertiary/aromatic N) is 2. The van der Waals surface area contributed by atoms with Crippen LogP contribution in [0.3, 0.4) is 0 Å². The zero-order valence-electron chi connectivity index (χ0n) is 10.3. The molecule has 0 aliphatic rings. The molecule has 2 unspecified atom stereocenters. The van der Waals surface area contributed by atoms with E-state index in [4.69, 9.17) is 10.3 Å². The standard InChI is InChI=1S/C12H17N3OS/c1-4-10(13)8(3)12-14-11(15-16-12)9-6-17-5-7(9)2/h5-6,8,10H,4,13H2,1-3H3. The topological polar surface area (TPSA) is 64.9 Å². The molecule has 2 aromatic rings. The summed E-state index contributed by atoms with van der Waals surface area (Å²) in [6, 6.07) is 0.0619. The summed E-state index contributed by atoms with van der Waals surface area (Å²) in [6.07, 6.45) is 0.899. The maximum atomic E-state index is 5.98. The molecular formula is C12H17N3OS. The van der Waals surface area contributed by atoms with Crippen molar-refractivity contribution in [1.82, 2.24) is 10.1 Å². The summed E-state index contributed by atoms with van der Waals surface area (Å²) < 4.78 is 5.29. The molecule has 17 heavy (non-hydrogen) atoms. The minimum absolute atomic E-state index is 0.0619. The minimum Gasteiger partial charge on any atom is -0.339 e. The smallest absolute Gasteiger partial charge is 0.231 e. The molecule has 4 nitrogen and oxygen atoms in total. The number of hydrogen-bond donors (Lipinski definition) is 1. The van der Waals surface area contributed by atoms with Crippen LogP contribution in [0.4, 0.5) is 0 Å². The van der Waals surface area contributed by atoms with Crippen molar-refractivity contribution in [2.24, 2.45) is 5.73 Å². The Labute approximate surface area is 105 Å². The van der Waals surface area contributed by atoms with Crippen molar-refractivity contribution in [3.05, 3.63) is 22.2 Å². The third kappa shape index (κ3) is 2.40. The Bertz CT molecular complexity index is 491. The summed E-state index contributed by atoms with van der Waals surface area (Å²) in [4.78, 5) is 4.43. The number of aromatic nitrogens is 2. The molecule has 2 aromatic heterocycles. The Morgan fingerprint density at radius 2 is 2.24 bits per heavy atom. The van der Waals surface area contributed by atoms with Crippen LogP contribution in [0.1, 0.15) is 37.6 Å². The molecule has 0 aliphatic carbocycles. The van der Waals surface area contributed by atoms with Gasteiger partial charge in [0.2, 0.25) is 11.7 Å². The Morgan fingerprint density at radius 3 is 2.82 bits per heavy atom. The molecule has 2 rings (SSSR count). The van der Waals surface area contributed by atoms with E-state index in [1.165, 1.54) is 5.56 Å². The first-order chi connectivity index (χ1) is 8.13. The van der Waals surface area contributed by atoms with Crippen LogP contribution in [-0.2, 0) is 0 Å². The van der Waals surface area contributed by atoms with Crippen molar-refractivity contribution in [1.29, 1.82) is 0 Å². The number of aryl methyl sites for hydroxylation is 1. The van der Waals surface area contributed by atoms with E-state index in [2.05, 4.69) is 22.4 Å². The highest BCUT2D eigenvalue weighted by Crippen LogP contribution is 2.26. The van der Waals surface area contributed by atoms with Crippen LogP contribution >= 0.6 is 11.3 Å². The second-order valence-corrected chi connectivity index (χ2v) is 5.03. The summed E-state index contributed by atoms with van der Waals surface area (Å²) in [5, 5.41) is 8.13. The molecule has 0 aliphatic heterocycles. The lowest BCUT2D eigenvalue weighted by Crippen LogP contribution is -2.25. The van der Waals surface area contributed by atoms with E-state index in [1.807, 2.05) is 19.2 Å². The molecule has 0 saturated carbocycles. The Balaban J connectivity index is 2.25. The zero-order chi connectivity index (χ0) is 12.4. The average Bonchev–Trinajstić information content (AvgIpc) is 2.95. The van der Waals surface area contributed by atoms with Crippen LogP contribution in [0.5, 0.6) is 0 Å². The molecule has 2 N–H and O–H groups in total. The van der Waals surface area contributed by atoms with E-state index in [-0.39, 0.29) is 12.0 Å². The molecule has 0 fully saturated rings. The van der Waals surface area contributed by atoms with Gasteiger partial charge in [-0.3, -0.25) is 0 Å². The van der Waals surface area contributed by atoms with Crippen LogP contribution < -0.4 is 5.73 Å². The predicted molar refractivity (Wildman–Crippen MR) is 69.0 cm³/mol. The second-order valence-electron chi connectivity index (χ2n) is 4.29. The van der Waals surface area contributed by atoms with Crippen LogP contribution in [0.15, 0.2) is 15.3 Å². The third-order valence-corrected chi connectivity index (χ3v) is 3.90. The lowest BCUT2D eigenvalue weighted by Gasteiger charge is -2.13. The molecule has 5 heteroatoms. The lowest BCUT2D eigenvalue weighted by molar-refractivity contribution is 0.340. The van der Waals surface area contributed by atoms with Gasteiger partial charge in [0.25, 0.3) is 0 Å². The second kappa shape index (κ2) is 4.98. The summed E-state index contributed by atoms with van der Waals surface area (Å²) >= 11 is 1.64. The molecule has 0 radical (unpaired) electrons. The van der Waals surface area contributed by atoms with Gasteiger partial charge >= 0.3 is 0 Å². The maximum Gasteiger partial charge on any atom is 0.231 e. The van der Waals surface area contributed by atoms with Gasteiger partial charge < -0.3 is 10.3 Å². The van der Waals surface area contributed by atoms with Crippen molar-refractivity contribution < 1.29 is 4.52 Å². The quantitative estimate of drug-likeness (QED) is 0.907. The fourth-order valence-corrected chi connectivity index (χ4v) is 2.48. The SMILES string of the molecule is CCC(N)C(C)c1nc(-c2cscc2C)no1. The average molecular weight is 251 g/mol. The van der Waals surface area contributed by atoms with E-state index < -0.39 is 0 Å². The fourth-order valence-electron chi connectivity index (χ4n) is 1.66. The molecule has 0 amide bonds. The van der Waals surface area contributed by atoms with Gasteiger partial charge in [0, 0.05) is 17.0 Å². The molecule has 0 spiro atoms. The first kappa shape index (κ1) is 12.3. The van der Waals surface area contributed by atoms with Gasteiger partial charge in [-0.2, -0.15) is 16.3 Å². The van der Waals surface area contributed by atoms with Crippen LogP contribution in [0, 0.1) is 6.92 Å². The predicted octanol–water partition coefficient (Wildman–Crippen LogP) is 2.95. The molecule has 2 atom stereocenters. The van der Waals surface area contributed by atoms with E-state index in [1.54, 1.807) is 11.3 Å². The minimum atomic E-state index is 0.0619. The highest BCUT2D eigenvalue weighted by Gasteiger charge is 2.20. The van der Waals surface area contributed by atoms with E-state index in [9.17, 15) is 0 Å². The molecular weight excluding hydrogens is 234 g/mol. The van der Waals surface area contributed by atoms with Gasteiger partial charge in [0.1, 0.15) is 0 Å². The highest BCUT2D eigenvalue weighted by atomic mass is 32.1. The summed E-state index contributed by atoms with van der Waals surface area (Å²) in [5.41, 5.74) is 8.20. The number of thiophene rings is 1. The maximum absolute atomic E-state index is 5.98. The summed E-state index contributed by atoms with van der Waals surface area (Å²) in [5.74, 6) is 1.38. The van der Waals surface area contributed by atoms with Gasteiger partial charge in [-0.1, -0.05) is 19.0 Å². The van der Waals surface area contributed by atoms with Gasteiger partial charge in [-0.25, -0.2) is 0 Å². The monoisotopic (exact) mass is 251 g/mol. The van der Waals surface area contributed by atoms with E-state index >= 15 is 0 Å². The molecule has 92 valence electrons. The largest absolute Gasteiger partial charge is 0.339 e. The van der Waals surface area contributed by atoms with Crippen molar-refractivity contribution in [3.8, 4) is 11.4 Å². The Morgan fingerprint density at radius 1 is 1.47 bits per heavy atom. The lowest BCUT2D eigenvalue weighted by atomic mass is 10.0. The van der Waals surface area contributed by atoms with Gasteiger partial charge in [-0.05, 0) is 24.3 Å². The summed E-state index contributed by atoms with van der Waals surface area (Å²) in [7, 11) is 0. The molecule has 2 heterocycles. The first-order valence-electron chi connectivity index (χ1n) is 5.75. The van der Waals surface area contributed by atoms with Crippen LogP contribution in [-0.4, -0.2) is 16.2 Å². The highest BCUT2D eigenvalue weighted by molar-refractivity contribution is 7.08. The van der Waals surface area contributed by atoms with Gasteiger partial charge in [0.05, 0.1) is 5.92 Å². The van der Waals surface area contributed by atoms with Crippen molar-refractivity contribution >= 4 is 11.3 Å². The van der Waals surface area contributed by atoms with Crippen molar-refractivity contribution in [2.45, 2.75) is 39.2 Å². The van der Waals surface area contributed by atoms with Crippen molar-refractivity contribution in [3.63, 3.8) is 0 Å². The van der Waals surface area contributed by atoms with E-state index in [0.29, 0.717) is 11.7 Å². The Hall–Kier alpha value is -1.20. The molecule has 0 bridgehead atoms. The first-order valence-corrected chi connectivity index (χ1v) is 6.70. The van der Waals surface area contributed by atoms with E-state index in [0.717, 1.165) is 12.0 Å². The Kier molecular flexibility index (Phi) is 3.59. The van der Waals surface area contributed by atoms with Crippen molar-refractivity contribution in [2.75, 3.05) is 0 Å². The fraction of sp³-hybridized carbons (Fsp3) is 0.500. The third-order valence-electron chi connectivity index (χ3n) is 3.04. The van der Waals surface area contributed by atoms with Gasteiger partial charge in [0.15, 0.2) is 0 Å². The number of hydrogen-bond acceptors (Lipinski definition) is 5. The normalized spacial score (nSPS) is 14.8. The van der Waals surface area contributed by atoms with Crippen LogP contribution in [0.25, 0.3) is 11.4 Å².